The average molecular weight is 155 g/mol. The zero-order valence-corrected chi connectivity index (χ0v) is 7.01. The van der Waals surface area contributed by atoms with Gasteiger partial charge in [0.25, 0.3) is 0 Å². The molecule has 2 rings (SSSR count). The van der Waals surface area contributed by atoms with E-state index < -0.39 is 0 Å². The fourth-order valence-electron chi connectivity index (χ4n) is 2.56. The molecule has 2 heteroatoms. The molecule has 2 aliphatic rings. The van der Waals surface area contributed by atoms with Crippen molar-refractivity contribution < 1.29 is 4.74 Å². The van der Waals surface area contributed by atoms with Gasteiger partial charge in [0.1, 0.15) is 0 Å². The average Bonchev–Trinajstić information content (AvgIpc) is 2.05. The molecule has 11 heavy (non-hydrogen) atoms. The standard InChI is InChI=1S/C9H17NO/c10-7-8-1-2-9(8)3-5-11-6-4-9/h8H,1-7,10H2. The summed E-state index contributed by atoms with van der Waals surface area (Å²) in [4.78, 5) is 0. The summed E-state index contributed by atoms with van der Waals surface area (Å²) in [6.07, 6.45) is 5.28. The lowest BCUT2D eigenvalue weighted by molar-refractivity contribution is -0.0718. The van der Waals surface area contributed by atoms with Crippen LogP contribution in [0.25, 0.3) is 0 Å². The van der Waals surface area contributed by atoms with E-state index >= 15 is 0 Å². The molecule has 0 bridgehead atoms. The zero-order chi connectivity index (χ0) is 7.73. The second kappa shape index (κ2) is 2.76. The van der Waals surface area contributed by atoms with Gasteiger partial charge in [0, 0.05) is 13.2 Å². The van der Waals surface area contributed by atoms with Crippen molar-refractivity contribution in [3.8, 4) is 0 Å². The highest BCUT2D eigenvalue weighted by molar-refractivity contribution is 4.96. The Hall–Kier alpha value is -0.0800. The van der Waals surface area contributed by atoms with Gasteiger partial charge in [0.2, 0.25) is 0 Å². The second-order valence-electron chi connectivity index (χ2n) is 3.95. The molecule has 1 atom stereocenters. The highest BCUT2D eigenvalue weighted by Crippen LogP contribution is 2.52. The van der Waals surface area contributed by atoms with Gasteiger partial charge in [-0.3, -0.25) is 0 Å². The van der Waals surface area contributed by atoms with E-state index in [2.05, 4.69) is 0 Å². The highest BCUT2D eigenvalue weighted by atomic mass is 16.5. The molecular weight excluding hydrogens is 138 g/mol. The topological polar surface area (TPSA) is 35.2 Å². The van der Waals surface area contributed by atoms with Crippen molar-refractivity contribution in [1.82, 2.24) is 0 Å². The van der Waals surface area contributed by atoms with Crippen LogP contribution in [0.2, 0.25) is 0 Å². The fraction of sp³-hybridized carbons (Fsp3) is 1.00. The quantitative estimate of drug-likeness (QED) is 0.616. The molecule has 1 saturated carbocycles. The number of ether oxygens (including phenoxy) is 1. The van der Waals surface area contributed by atoms with Crippen LogP contribution in [0.15, 0.2) is 0 Å². The summed E-state index contributed by atoms with van der Waals surface area (Å²) < 4.78 is 5.35. The minimum absolute atomic E-state index is 0.618. The number of hydrogen-bond donors (Lipinski definition) is 1. The maximum Gasteiger partial charge on any atom is 0.0471 e. The predicted octanol–water partition coefficient (Wildman–Crippen LogP) is 1.15. The molecule has 1 heterocycles. The first-order valence-electron chi connectivity index (χ1n) is 4.65. The summed E-state index contributed by atoms with van der Waals surface area (Å²) in [7, 11) is 0. The summed E-state index contributed by atoms with van der Waals surface area (Å²) in [6, 6.07) is 0. The Bertz CT molecular complexity index is 138. The van der Waals surface area contributed by atoms with Crippen LogP contribution in [0.4, 0.5) is 0 Å². The van der Waals surface area contributed by atoms with Crippen molar-refractivity contribution >= 4 is 0 Å². The molecular formula is C9H17NO. The molecule has 1 aliphatic heterocycles. The van der Waals surface area contributed by atoms with Crippen molar-refractivity contribution in [3.63, 3.8) is 0 Å². The van der Waals surface area contributed by atoms with Gasteiger partial charge in [-0.25, -0.2) is 0 Å². The number of rotatable bonds is 1. The third-order valence-corrected chi connectivity index (χ3v) is 3.63. The lowest BCUT2D eigenvalue weighted by atomic mass is 9.56. The van der Waals surface area contributed by atoms with Gasteiger partial charge >= 0.3 is 0 Å². The molecule has 1 aliphatic carbocycles. The van der Waals surface area contributed by atoms with Gasteiger partial charge in [-0.15, -0.1) is 0 Å². The van der Waals surface area contributed by atoms with Gasteiger partial charge in [-0.1, -0.05) is 0 Å². The van der Waals surface area contributed by atoms with Crippen molar-refractivity contribution in [2.45, 2.75) is 25.7 Å². The first-order chi connectivity index (χ1) is 5.37. The molecule has 0 amide bonds. The van der Waals surface area contributed by atoms with E-state index in [0.717, 1.165) is 25.7 Å². The Labute approximate surface area is 68.1 Å². The van der Waals surface area contributed by atoms with Crippen LogP contribution in [0.5, 0.6) is 0 Å². The maximum absolute atomic E-state index is 5.70. The van der Waals surface area contributed by atoms with Crippen molar-refractivity contribution in [1.29, 1.82) is 0 Å². The predicted molar refractivity (Wildman–Crippen MR) is 44.3 cm³/mol. The van der Waals surface area contributed by atoms with Gasteiger partial charge < -0.3 is 10.5 Å². The summed E-state index contributed by atoms with van der Waals surface area (Å²) in [5, 5.41) is 0. The number of hydrogen-bond acceptors (Lipinski definition) is 2. The van der Waals surface area contributed by atoms with Gasteiger partial charge in [0.05, 0.1) is 0 Å². The van der Waals surface area contributed by atoms with Crippen LogP contribution in [0.1, 0.15) is 25.7 Å². The first-order valence-corrected chi connectivity index (χ1v) is 4.65. The Morgan fingerprint density at radius 3 is 2.45 bits per heavy atom. The van der Waals surface area contributed by atoms with Gasteiger partial charge in [0.15, 0.2) is 0 Å². The molecule has 0 aromatic rings. The molecule has 2 N–H and O–H groups in total. The summed E-state index contributed by atoms with van der Waals surface area (Å²) >= 11 is 0. The monoisotopic (exact) mass is 155 g/mol. The lowest BCUT2D eigenvalue weighted by Crippen LogP contribution is -2.47. The Morgan fingerprint density at radius 2 is 2.00 bits per heavy atom. The molecule has 2 fully saturated rings. The van der Waals surface area contributed by atoms with Crippen LogP contribution in [0.3, 0.4) is 0 Å². The van der Waals surface area contributed by atoms with Gasteiger partial charge in [-0.05, 0) is 43.6 Å². The summed E-state index contributed by atoms with van der Waals surface area (Å²) in [6.45, 7) is 2.83. The zero-order valence-electron chi connectivity index (χ0n) is 7.01. The third-order valence-electron chi connectivity index (χ3n) is 3.63. The SMILES string of the molecule is NCC1CCC12CCOCC2. The molecule has 2 nitrogen and oxygen atoms in total. The maximum atomic E-state index is 5.70. The van der Waals surface area contributed by atoms with Crippen LogP contribution >= 0.6 is 0 Å². The summed E-state index contributed by atoms with van der Waals surface area (Å²) in [5.41, 5.74) is 6.32. The van der Waals surface area contributed by atoms with Crippen molar-refractivity contribution in [3.05, 3.63) is 0 Å². The first kappa shape index (κ1) is 7.56. The smallest absolute Gasteiger partial charge is 0.0471 e. The minimum atomic E-state index is 0.618. The summed E-state index contributed by atoms with van der Waals surface area (Å²) in [5.74, 6) is 0.811. The fourth-order valence-corrected chi connectivity index (χ4v) is 2.56. The van der Waals surface area contributed by atoms with Crippen molar-refractivity contribution in [2.75, 3.05) is 19.8 Å². The second-order valence-corrected chi connectivity index (χ2v) is 3.95. The molecule has 64 valence electrons. The molecule has 0 radical (unpaired) electrons. The van der Waals surface area contributed by atoms with E-state index in [-0.39, 0.29) is 0 Å². The normalized spacial score (nSPS) is 35.2. The lowest BCUT2D eigenvalue weighted by Gasteiger charge is -2.51. The van der Waals surface area contributed by atoms with E-state index in [1.54, 1.807) is 0 Å². The van der Waals surface area contributed by atoms with Crippen LogP contribution in [0, 0.1) is 11.3 Å². The molecule has 1 saturated heterocycles. The Balaban J connectivity index is 1.97. The molecule has 0 aromatic heterocycles. The molecule has 1 unspecified atom stereocenters. The Morgan fingerprint density at radius 1 is 1.27 bits per heavy atom. The third kappa shape index (κ3) is 1.09. The van der Waals surface area contributed by atoms with Crippen LogP contribution in [-0.4, -0.2) is 19.8 Å². The van der Waals surface area contributed by atoms with E-state index in [4.69, 9.17) is 10.5 Å². The largest absolute Gasteiger partial charge is 0.381 e. The van der Waals surface area contributed by atoms with E-state index in [9.17, 15) is 0 Å². The highest BCUT2D eigenvalue weighted by Gasteiger charge is 2.46. The van der Waals surface area contributed by atoms with E-state index in [0.29, 0.717) is 5.41 Å². The van der Waals surface area contributed by atoms with E-state index in [1.807, 2.05) is 0 Å². The van der Waals surface area contributed by atoms with E-state index in [1.165, 1.54) is 25.7 Å². The van der Waals surface area contributed by atoms with Gasteiger partial charge in [-0.2, -0.15) is 0 Å². The van der Waals surface area contributed by atoms with Crippen molar-refractivity contribution in [2.24, 2.45) is 17.1 Å². The Kier molecular flexibility index (Phi) is 1.90. The number of nitrogens with two attached hydrogens (primary N) is 1. The molecule has 1 spiro atoms. The van der Waals surface area contributed by atoms with Crippen LogP contribution < -0.4 is 5.73 Å². The minimum Gasteiger partial charge on any atom is -0.381 e. The molecule has 0 aromatic carbocycles. The van der Waals surface area contributed by atoms with Crippen LogP contribution in [-0.2, 0) is 4.74 Å².